The standard InChI is InChI=1S/C22H40O7Si4/c1-11-22(26-21(24)18-17-20(23)25-19-15-13-12-14-16-19)33(27-30(2,3)4,28-31(5,6)7)29-32(8,9)10/h12-18,22H,11H2,1-10H3/b18-17+. The Morgan fingerprint density at radius 1 is 0.758 bits per heavy atom. The van der Waals surface area contributed by atoms with Crippen molar-refractivity contribution in [2.45, 2.75) is 78.0 Å². The minimum atomic E-state index is -3.42. The van der Waals surface area contributed by atoms with Gasteiger partial charge < -0.3 is 21.8 Å². The van der Waals surface area contributed by atoms with E-state index in [1.807, 2.05) is 13.0 Å². The Morgan fingerprint density at radius 3 is 1.58 bits per heavy atom. The predicted molar refractivity (Wildman–Crippen MR) is 140 cm³/mol. The molecule has 1 aromatic rings. The summed E-state index contributed by atoms with van der Waals surface area (Å²) < 4.78 is 30.9. The maximum Gasteiger partial charge on any atom is 0.512 e. The number of esters is 2. The maximum absolute atomic E-state index is 12.7. The minimum absolute atomic E-state index is 0.397. The van der Waals surface area contributed by atoms with E-state index >= 15 is 0 Å². The van der Waals surface area contributed by atoms with Gasteiger partial charge in [-0.2, -0.15) is 0 Å². The highest BCUT2D eigenvalue weighted by Crippen LogP contribution is 2.31. The van der Waals surface area contributed by atoms with Crippen molar-refractivity contribution >= 4 is 45.7 Å². The summed E-state index contributed by atoms with van der Waals surface area (Å²) in [6, 6.07) is 8.65. The maximum atomic E-state index is 12.7. The van der Waals surface area contributed by atoms with E-state index in [2.05, 4.69) is 58.9 Å². The summed E-state index contributed by atoms with van der Waals surface area (Å²) >= 11 is 0. The van der Waals surface area contributed by atoms with Gasteiger partial charge in [0.1, 0.15) is 5.75 Å². The van der Waals surface area contributed by atoms with E-state index in [-0.39, 0.29) is 0 Å². The molecule has 33 heavy (non-hydrogen) atoms. The third-order valence-electron chi connectivity index (χ3n) is 3.69. The van der Waals surface area contributed by atoms with Gasteiger partial charge >= 0.3 is 20.7 Å². The molecule has 0 heterocycles. The van der Waals surface area contributed by atoms with Gasteiger partial charge in [-0.05, 0) is 77.5 Å². The monoisotopic (exact) mass is 528 g/mol. The van der Waals surface area contributed by atoms with Crippen LogP contribution in [-0.4, -0.2) is 51.4 Å². The van der Waals surface area contributed by atoms with Crippen LogP contribution in [0.1, 0.15) is 13.3 Å². The van der Waals surface area contributed by atoms with E-state index in [0.29, 0.717) is 12.2 Å². The van der Waals surface area contributed by atoms with Crippen LogP contribution < -0.4 is 4.74 Å². The third kappa shape index (κ3) is 12.1. The molecule has 1 aromatic carbocycles. The zero-order valence-electron chi connectivity index (χ0n) is 21.7. The van der Waals surface area contributed by atoms with Crippen LogP contribution >= 0.6 is 0 Å². The molecule has 11 heteroatoms. The molecule has 1 rings (SSSR count). The van der Waals surface area contributed by atoms with E-state index in [1.54, 1.807) is 24.3 Å². The Balaban J connectivity index is 3.15. The highest BCUT2D eigenvalue weighted by Gasteiger charge is 2.57. The van der Waals surface area contributed by atoms with Crippen molar-refractivity contribution in [3.63, 3.8) is 0 Å². The van der Waals surface area contributed by atoms with Crippen molar-refractivity contribution in [1.82, 2.24) is 0 Å². The number of carbonyl (C=O) groups is 2. The average molecular weight is 529 g/mol. The van der Waals surface area contributed by atoms with Gasteiger partial charge in [0.05, 0.1) is 0 Å². The Morgan fingerprint density at radius 2 is 1.18 bits per heavy atom. The van der Waals surface area contributed by atoms with E-state index in [9.17, 15) is 9.59 Å². The van der Waals surface area contributed by atoms with Crippen LogP contribution in [0.15, 0.2) is 42.5 Å². The normalized spacial score (nSPS) is 14.2. The molecule has 0 aliphatic rings. The number of benzene rings is 1. The smallest absolute Gasteiger partial charge is 0.455 e. The number of hydrogen-bond donors (Lipinski definition) is 0. The zero-order valence-corrected chi connectivity index (χ0v) is 25.7. The molecule has 0 bridgehead atoms. The van der Waals surface area contributed by atoms with Crippen molar-refractivity contribution in [1.29, 1.82) is 0 Å². The zero-order chi connectivity index (χ0) is 25.5. The van der Waals surface area contributed by atoms with Crippen molar-refractivity contribution < 1.29 is 31.4 Å². The fraction of sp³-hybridized carbons (Fsp3) is 0.545. The van der Waals surface area contributed by atoms with Gasteiger partial charge in [-0.25, -0.2) is 9.59 Å². The van der Waals surface area contributed by atoms with Crippen molar-refractivity contribution in [3.05, 3.63) is 42.5 Å². The molecular formula is C22H40O7Si4. The summed E-state index contributed by atoms with van der Waals surface area (Å²) in [6.07, 6.45) is 2.60. The molecule has 0 N–H and O–H groups in total. The highest BCUT2D eigenvalue weighted by molar-refractivity contribution is 6.90. The highest BCUT2D eigenvalue weighted by atomic mass is 28.5. The second-order valence-corrected chi connectivity index (χ2v) is 27.6. The number of ether oxygens (including phenoxy) is 2. The molecule has 0 aromatic heterocycles. The molecule has 0 amide bonds. The fourth-order valence-corrected chi connectivity index (χ4v) is 17.1. The lowest BCUT2D eigenvalue weighted by molar-refractivity contribution is -0.142. The van der Waals surface area contributed by atoms with Crippen LogP contribution in [0.2, 0.25) is 58.9 Å². The molecule has 7 nitrogen and oxygen atoms in total. The molecular weight excluding hydrogens is 489 g/mol. The second-order valence-electron chi connectivity index (χ2n) is 10.6. The Labute approximate surface area is 203 Å². The van der Waals surface area contributed by atoms with Crippen LogP contribution in [0.4, 0.5) is 0 Å². The summed E-state index contributed by atoms with van der Waals surface area (Å²) in [5.41, 5.74) is -0.676. The number of para-hydroxylation sites is 1. The van der Waals surface area contributed by atoms with E-state index in [0.717, 1.165) is 12.2 Å². The number of rotatable bonds is 12. The molecule has 0 saturated heterocycles. The first-order chi connectivity index (χ1) is 14.9. The largest absolute Gasteiger partial charge is 0.512 e. The summed E-state index contributed by atoms with van der Waals surface area (Å²) in [7, 11) is -9.81. The summed E-state index contributed by atoms with van der Waals surface area (Å²) in [5.74, 6) is -0.931. The van der Waals surface area contributed by atoms with Gasteiger partial charge in [0, 0.05) is 12.2 Å². The average Bonchev–Trinajstić information content (AvgIpc) is 2.60. The van der Waals surface area contributed by atoms with Crippen molar-refractivity contribution in [2.24, 2.45) is 0 Å². The predicted octanol–water partition coefficient (Wildman–Crippen LogP) is 5.50. The van der Waals surface area contributed by atoms with Crippen LogP contribution in [0.5, 0.6) is 5.75 Å². The van der Waals surface area contributed by atoms with Gasteiger partial charge in [0.15, 0.2) is 30.7 Å². The van der Waals surface area contributed by atoms with Crippen LogP contribution in [0, 0.1) is 0 Å². The van der Waals surface area contributed by atoms with E-state index in [1.165, 1.54) is 0 Å². The van der Waals surface area contributed by atoms with E-state index in [4.69, 9.17) is 21.8 Å². The Kier molecular flexibility index (Phi) is 10.7. The molecule has 0 spiro atoms. The van der Waals surface area contributed by atoms with Gasteiger partial charge in [-0.1, -0.05) is 25.1 Å². The quantitative estimate of drug-likeness (QED) is 0.153. The van der Waals surface area contributed by atoms with Crippen LogP contribution in [0.25, 0.3) is 0 Å². The van der Waals surface area contributed by atoms with Gasteiger partial charge in [-0.15, -0.1) is 0 Å². The molecule has 0 saturated carbocycles. The van der Waals surface area contributed by atoms with Gasteiger partial charge in [0.2, 0.25) is 0 Å². The van der Waals surface area contributed by atoms with E-state index < -0.39 is 51.4 Å². The lowest BCUT2D eigenvalue weighted by Gasteiger charge is -2.45. The first-order valence-electron chi connectivity index (χ1n) is 11.2. The SMILES string of the molecule is CCC(OC(=O)/C=C/C(=O)Oc1ccccc1)[Si](O[Si](C)(C)C)(O[Si](C)(C)C)O[Si](C)(C)C. The first kappa shape index (κ1) is 29.7. The molecule has 0 aliphatic heterocycles. The Bertz CT molecular complexity index is 768. The second kappa shape index (κ2) is 11.9. The summed E-state index contributed by atoms with van der Waals surface area (Å²) in [4.78, 5) is 24.8. The minimum Gasteiger partial charge on any atom is -0.455 e. The summed E-state index contributed by atoms with van der Waals surface area (Å²) in [5, 5.41) is 0. The first-order valence-corrected chi connectivity index (χ1v) is 23.2. The lowest BCUT2D eigenvalue weighted by Crippen LogP contribution is -2.67. The molecule has 0 aliphatic carbocycles. The van der Waals surface area contributed by atoms with Crippen molar-refractivity contribution in [3.8, 4) is 5.75 Å². The number of carbonyl (C=O) groups excluding carboxylic acids is 2. The van der Waals surface area contributed by atoms with Gasteiger partial charge in [0.25, 0.3) is 0 Å². The number of hydrogen-bond acceptors (Lipinski definition) is 7. The topological polar surface area (TPSA) is 80.3 Å². The molecule has 1 unspecified atom stereocenters. The molecule has 0 radical (unpaired) electrons. The van der Waals surface area contributed by atoms with Crippen LogP contribution in [-0.2, 0) is 26.7 Å². The molecule has 0 fully saturated rings. The molecule has 1 atom stereocenters. The van der Waals surface area contributed by atoms with Crippen LogP contribution in [0.3, 0.4) is 0 Å². The van der Waals surface area contributed by atoms with Crippen molar-refractivity contribution in [2.75, 3.05) is 0 Å². The Hall–Kier alpha value is -1.35. The summed E-state index contributed by atoms with van der Waals surface area (Å²) in [6.45, 7) is 20.6. The molecule has 186 valence electrons. The fourth-order valence-electron chi connectivity index (χ4n) is 2.90. The third-order valence-corrected chi connectivity index (χ3v) is 15.8. The lowest BCUT2D eigenvalue weighted by atomic mass is 10.3. The van der Waals surface area contributed by atoms with Gasteiger partial charge in [-0.3, -0.25) is 0 Å².